The monoisotopic (exact) mass is 217 g/mol. The summed E-state index contributed by atoms with van der Waals surface area (Å²) in [5.74, 6) is 0.864. The third-order valence-corrected chi connectivity index (χ3v) is 3.52. The van der Waals surface area contributed by atoms with Gasteiger partial charge in [-0.15, -0.1) is 0 Å². The molecule has 16 heavy (non-hydrogen) atoms. The second kappa shape index (κ2) is 5.49. The minimum absolute atomic E-state index is 0.592. The fourth-order valence-electron chi connectivity index (χ4n) is 2.20. The predicted octanol–water partition coefficient (Wildman–Crippen LogP) is 3.49. The molecule has 88 valence electrons. The van der Waals surface area contributed by atoms with Crippen LogP contribution in [0.25, 0.3) is 0 Å². The third-order valence-electron chi connectivity index (χ3n) is 3.52. The van der Waals surface area contributed by atoms with E-state index < -0.39 is 0 Å². The Morgan fingerprint density at radius 1 is 1.19 bits per heavy atom. The molecular weight excluding hydrogens is 194 g/mol. The van der Waals surface area contributed by atoms with Gasteiger partial charge in [0.1, 0.15) is 0 Å². The van der Waals surface area contributed by atoms with E-state index in [-0.39, 0.29) is 0 Å². The second-order valence-corrected chi connectivity index (χ2v) is 5.23. The van der Waals surface area contributed by atoms with Crippen LogP contribution in [0.2, 0.25) is 0 Å². The van der Waals surface area contributed by atoms with Gasteiger partial charge in [-0.2, -0.15) is 0 Å². The van der Waals surface area contributed by atoms with Gasteiger partial charge in [0.15, 0.2) is 0 Å². The van der Waals surface area contributed by atoms with Crippen LogP contribution in [0, 0.1) is 0 Å². The molecule has 0 atom stereocenters. The molecule has 2 rings (SSSR count). The molecule has 1 saturated carbocycles. The quantitative estimate of drug-likeness (QED) is 0.796. The normalized spacial score (nSPS) is 16.4. The molecule has 0 radical (unpaired) electrons. The van der Waals surface area contributed by atoms with E-state index in [1.165, 1.54) is 24.8 Å². The van der Waals surface area contributed by atoms with Crippen LogP contribution < -0.4 is 5.32 Å². The molecular formula is C15H23N. The van der Waals surface area contributed by atoms with Gasteiger partial charge in [-0.05, 0) is 42.9 Å². The molecule has 1 aromatic rings. The summed E-state index contributed by atoms with van der Waals surface area (Å²) in [4.78, 5) is 0. The Morgan fingerprint density at radius 3 is 2.38 bits per heavy atom. The molecule has 0 heterocycles. The standard InChI is InChI=1S/C15H23N/c1-12(2)16-11-10-13-6-8-15(9-7-13)14-4-3-5-14/h6-9,12,14,16H,3-5,10-11H2,1-2H3. The average molecular weight is 217 g/mol. The van der Waals surface area contributed by atoms with E-state index in [1.807, 2.05) is 0 Å². The van der Waals surface area contributed by atoms with E-state index in [4.69, 9.17) is 0 Å². The number of benzene rings is 1. The highest BCUT2D eigenvalue weighted by Crippen LogP contribution is 2.36. The van der Waals surface area contributed by atoms with Crippen molar-refractivity contribution in [2.75, 3.05) is 6.54 Å². The molecule has 1 aliphatic rings. The first-order valence-corrected chi connectivity index (χ1v) is 6.58. The van der Waals surface area contributed by atoms with E-state index in [9.17, 15) is 0 Å². The zero-order valence-electron chi connectivity index (χ0n) is 10.5. The summed E-state index contributed by atoms with van der Waals surface area (Å²) >= 11 is 0. The lowest BCUT2D eigenvalue weighted by Gasteiger charge is -2.25. The largest absolute Gasteiger partial charge is 0.314 e. The van der Waals surface area contributed by atoms with Crippen LogP contribution in [0.5, 0.6) is 0 Å². The first-order valence-electron chi connectivity index (χ1n) is 6.58. The SMILES string of the molecule is CC(C)NCCc1ccc(C2CCC2)cc1. The maximum atomic E-state index is 3.45. The smallest absolute Gasteiger partial charge is 0.00105 e. The third kappa shape index (κ3) is 3.08. The Labute approximate surface area is 99.3 Å². The maximum absolute atomic E-state index is 3.45. The minimum atomic E-state index is 0.592. The zero-order valence-corrected chi connectivity index (χ0v) is 10.5. The van der Waals surface area contributed by atoms with Crippen molar-refractivity contribution in [1.29, 1.82) is 0 Å². The molecule has 1 aliphatic carbocycles. The highest BCUT2D eigenvalue weighted by Gasteiger charge is 2.18. The van der Waals surface area contributed by atoms with Crippen molar-refractivity contribution in [1.82, 2.24) is 5.32 Å². The summed E-state index contributed by atoms with van der Waals surface area (Å²) in [6.07, 6.45) is 5.36. The average Bonchev–Trinajstić information content (AvgIpc) is 2.17. The number of nitrogens with one attached hydrogen (secondary N) is 1. The molecule has 0 bridgehead atoms. The molecule has 0 unspecified atom stereocenters. The minimum Gasteiger partial charge on any atom is -0.314 e. The lowest BCUT2D eigenvalue weighted by molar-refractivity contribution is 0.419. The van der Waals surface area contributed by atoms with Crippen molar-refractivity contribution in [3.05, 3.63) is 35.4 Å². The summed E-state index contributed by atoms with van der Waals surface area (Å²) in [7, 11) is 0. The van der Waals surface area contributed by atoms with E-state index in [0.717, 1.165) is 18.9 Å². The van der Waals surface area contributed by atoms with Gasteiger partial charge in [-0.25, -0.2) is 0 Å². The van der Waals surface area contributed by atoms with Crippen LogP contribution in [-0.2, 0) is 6.42 Å². The van der Waals surface area contributed by atoms with Crippen LogP contribution in [-0.4, -0.2) is 12.6 Å². The topological polar surface area (TPSA) is 12.0 Å². The summed E-state index contributed by atoms with van der Waals surface area (Å²) in [6, 6.07) is 9.85. The summed E-state index contributed by atoms with van der Waals surface area (Å²) in [6.45, 7) is 5.47. The molecule has 1 nitrogen and oxygen atoms in total. The molecule has 1 heteroatoms. The number of hydrogen-bond donors (Lipinski definition) is 1. The van der Waals surface area contributed by atoms with Gasteiger partial charge < -0.3 is 5.32 Å². The Hall–Kier alpha value is -0.820. The molecule has 1 aromatic carbocycles. The molecule has 0 spiro atoms. The first-order chi connectivity index (χ1) is 7.75. The van der Waals surface area contributed by atoms with Crippen molar-refractivity contribution in [2.24, 2.45) is 0 Å². The lowest BCUT2D eigenvalue weighted by atomic mass is 9.80. The van der Waals surface area contributed by atoms with Crippen LogP contribution in [0.3, 0.4) is 0 Å². The molecule has 0 saturated heterocycles. The molecule has 1 fully saturated rings. The molecule has 0 aliphatic heterocycles. The van der Waals surface area contributed by atoms with Gasteiger partial charge in [0.2, 0.25) is 0 Å². The maximum Gasteiger partial charge on any atom is 0.00105 e. The predicted molar refractivity (Wildman–Crippen MR) is 69.9 cm³/mol. The zero-order chi connectivity index (χ0) is 11.4. The van der Waals surface area contributed by atoms with Crippen molar-refractivity contribution in [3.63, 3.8) is 0 Å². The van der Waals surface area contributed by atoms with E-state index >= 15 is 0 Å². The van der Waals surface area contributed by atoms with Gasteiger partial charge in [0, 0.05) is 6.04 Å². The fourth-order valence-corrected chi connectivity index (χ4v) is 2.20. The Balaban J connectivity index is 1.82. The highest BCUT2D eigenvalue weighted by atomic mass is 14.9. The van der Waals surface area contributed by atoms with E-state index in [1.54, 1.807) is 5.56 Å². The molecule has 0 aromatic heterocycles. The first kappa shape index (κ1) is 11.7. The Bertz CT molecular complexity index is 309. The number of rotatable bonds is 5. The van der Waals surface area contributed by atoms with Crippen molar-refractivity contribution in [2.45, 2.75) is 51.5 Å². The Morgan fingerprint density at radius 2 is 1.88 bits per heavy atom. The van der Waals surface area contributed by atoms with Gasteiger partial charge in [0.05, 0.1) is 0 Å². The highest BCUT2D eigenvalue weighted by molar-refractivity contribution is 5.26. The lowest BCUT2D eigenvalue weighted by Crippen LogP contribution is -2.24. The van der Waals surface area contributed by atoms with Gasteiger partial charge in [-0.3, -0.25) is 0 Å². The van der Waals surface area contributed by atoms with Crippen LogP contribution in [0.1, 0.15) is 50.2 Å². The van der Waals surface area contributed by atoms with Crippen LogP contribution in [0.15, 0.2) is 24.3 Å². The summed E-state index contributed by atoms with van der Waals surface area (Å²) in [5.41, 5.74) is 3.00. The van der Waals surface area contributed by atoms with Crippen molar-refractivity contribution >= 4 is 0 Å². The molecule has 0 amide bonds. The van der Waals surface area contributed by atoms with Gasteiger partial charge in [0.25, 0.3) is 0 Å². The van der Waals surface area contributed by atoms with Crippen LogP contribution >= 0.6 is 0 Å². The van der Waals surface area contributed by atoms with Gasteiger partial charge >= 0.3 is 0 Å². The van der Waals surface area contributed by atoms with Crippen molar-refractivity contribution < 1.29 is 0 Å². The van der Waals surface area contributed by atoms with Crippen molar-refractivity contribution in [3.8, 4) is 0 Å². The van der Waals surface area contributed by atoms with Gasteiger partial charge in [-0.1, -0.05) is 44.5 Å². The van der Waals surface area contributed by atoms with E-state index in [2.05, 4.69) is 43.4 Å². The fraction of sp³-hybridized carbons (Fsp3) is 0.600. The molecule has 1 N–H and O–H groups in total. The second-order valence-electron chi connectivity index (χ2n) is 5.23. The van der Waals surface area contributed by atoms with Crippen LogP contribution in [0.4, 0.5) is 0 Å². The van der Waals surface area contributed by atoms with E-state index in [0.29, 0.717) is 6.04 Å². The summed E-state index contributed by atoms with van der Waals surface area (Å²) < 4.78 is 0. The summed E-state index contributed by atoms with van der Waals surface area (Å²) in [5, 5.41) is 3.45. The Kier molecular flexibility index (Phi) is 4.00. The number of hydrogen-bond acceptors (Lipinski definition) is 1.